The number of nitrogens with zero attached hydrogens (tertiary/aromatic N) is 3. The lowest BCUT2D eigenvalue weighted by Gasteiger charge is -1.95. The van der Waals surface area contributed by atoms with Crippen LogP contribution in [0.2, 0.25) is 0 Å². The Kier molecular flexibility index (Phi) is 3.01. The summed E-state index contributed by atoms with van der Waals surface area (Å²) < 4.78 is 2.03. The molecule has 0 N–H and O–H groups in total. The van der Waals surface area contributed by atoms with Crippen LogP contribution < -0.4 is 0 Å². The highest BCUT2D eigenvalue weighted by Crippen LogP contribution is 2.04. The minimum Gasteiger partial charge on any atom is -0.301 e. The number of hydrogen-bond acceptors (Lipinski definition) is 2. The summed E-state index contributed by atoms with van der Waals surface area (Å²) in [4.78, 5) is 8.30. The number of fused-ring (bicyclic) bond motifs is 1. The molecule has 0 aliphatic heterocycles. The minimum atomic E-state index is 0.910. The average molecular weight is 177 g/mol. The molecule has 0 aliphatic carbocycles. The lowest BCUT2D eigenvalue weighted by atomic mass is 10.5. The zero-order chi connectivity index (χ0) is 9.84. The monoisotopic (exact) mass is 177 g/mol. The first-order valence-corrected chi connectivity index (χ1v) is 4.54. The highest BCUT2D eigenvalue weighted by molar-refractivity contribution is 5.37. The zero-order valence-corrected chi connectivity index (χ0v) is 8.57. The van der Waals surface area contributed by atoms with E-state index in [0.717, 1.165) is 17.0 Å². The van der Waals surface area contributed by atoms with Crippen molar-refractivity contribution in [1.29, 1.82) is 0 Å². The number of rotatable bonds is 0. The van der Waals surface area contributed by atoms with Crippen molar-refractivity contribution in [2.45, 2.75) is 27.7 Å². The molecule has 2 rings (SSSR count). The maximum absolute atomic E-state index is 4.16. The van der Waals surface area contributed by atoms with E-state index < -0.39 is 0 Å². The van der Waals surface area contributed by atoms with Crippen molar-refractivity contribution < 1.29 is 0 Å². The molecule has 13 heavy (non-hydrogen) atoms. The molecule has 0 saturated heterocycles. The summed E-state index contributed by atoms with van der Waals surface area (Å²) in [6.45, 7) is 8.00. The van der Waals surface area contributed by atoms with E-state index in [1.165, 1.54) is 0 Å². The summed E-state index contributed by atoms with van der Waals surface area (Å²) in [5.74, 6) is 0. The van der Waals surface area contributed by atoms with Crippen molar-refractivity contribution in [1.82, 2.24) is 14.4 Å². The Balaban J connectivity index is 0.000000396. The van der Waals surface area contributed by atoms with Crippen LogP contribution in [0, 0.1) is 13.8 Å². The molecule has 0 amide bonds. The molecule has 3 nitrogen and oxygen atoms in total. The Morgan fingerprint density at radius 2 is 1.77 bits per heavy atom. The molecule has 0 radical (unpaired) electrons. The third kappa shape index (κ3) is 1.86. The summed E-state index contributed by atoms with van der Waals surface area (Å²) in [7, 11) is 0. The number of imidazole rings is 1. The number of aromatic nitrogens is 3. The minimum absolute atomic E-state index is 0.910. The molecule has 0 aliphatic rings. The third-order valence-electron chi connectivity index (χ3n) is 1.71. The van der Waals surface area contributed by atoms with Gasteiger partial charge in [-0.3, -0.25) is 4.98 Å². The van der Waals surface area contributed by atoms with Gasteiger partial charge in [0.15, 0.2) is 5.65 Å². The van der Waals surface area contributed by atoms with Gasteiger partial charge < -0.3 is 4.40 Å². The lowest BCUT2D eigenvalue weighted by Crippen LogP contribution is -1.90. The van der Waals surface area contributed by atoms with Crippen LogP contribution >= 0.6 is 0 Å². The van der Waals surface area contributed by atoms with Crippen LogP contribution in [0.4, 0.5) is 0 Å². The molecule has 0 fully saturated rings. The lowest BCUT2D eigenvalue weighted by molar-refractivity contribution is 1.03. The second kappa shape index (κ2) is 4.03. The molecule has 0 unspecified atom stereocenters. The number of aryl methyl sites for hydroxylation is 2. The van der Waals surface area contributed by atoms with E-state index >= 15 is 0 Å². The van der Waals surface area contributed by atoms with E-state index in [0.29, 0.717) is 0 Å². The summed E-state index contributed by atoms with van der Waals surface area (Å²) >= 11 is 0. The van der Waals surface area contributed by atoms with Gasteiger partial charge in [0.05, 0.1) is 11.9 Å². The predicted molar refractivity (Wildman–Crippen MR) is 53.8 cm³/mol. The Labute approximate surface area is 78.5 Å². The van der Waals surface area contributed by atoms with Gasteiger partial charge in [-0.25, -0.2) is 4.98 Å². The van der Waals surface area contributed by atoms with Crippen LogP contribution in [0.5, 0.6) is 0 Å². The van der Waals surface area contributed by atoms with Crippen molar-refractivity contribution in [2.75, 3.05) is 0 Å². The molecule has 3 heteroatoms. The fourth-order valence-corrected chi connectivity index (χ4v) is 1.11. The second-order valence-electron chi connectivity index (χ2n) is 2.66. The van der Waals surface area contributed by atoms with Crippen LogP contribution in [0.25, 0.3) is 5.65 Å². The molecule has 0 spiro atoms. The molecule has 0 aromatic carbocycles. The highest BCUT2D eigenvalue weighted by Gasteiger charge is 1.97. The Hall–Kier alpha value is -1.38. The van der Waals surface area contributed by atoms with Gasteiger partial charge in [-0.2, -0.15) is 0 Å². The standard InChI is InChI=1S/C8H9N3.C2H6/c1-6-5-11-7(2)3-10-8(11)4-9-6;1-2/h3-5H,1-2H3;1-2H3. The van der Waals surface area contributed by atoms with E-state index in [9.17, 15) is 0 Å². The Morgan fingerprint density at radius 3 is 2.46 bits per heavy atom. The van der Waals surface area contributed by atoms with Gasteiger partial charge in [-0.1, -0.05) is 13.8 Å². The highest BCUT2D eigenvalue weighted by atomic mass is 15.0. The van der Waals surface area contributed by atoms with Crippen LogP contribution in [0.15, 0.2) is 18.6 Å². The van der Waals surface area contributed by atoms with Crippen molar-refractivity contribution >= 4 is 5.65 Å². The smallest absolute Gasteiger partial charge is 0.155 e. The molecule has 2 aromatic rings. The van der Waals surface area contributed by atoms with E-state index in [-0.39, 0.29) is 0 Å². The largest absolute Gasteiger partial charge is 0.301 e. The second-order valence-corrected chi connectivity index (χ2v) is 2.66. The van der Waals surface area contributed by atoms with E-state index in [4.69, 9.17) is 0 Å². The zero-order valence-electron chi connectivity index (χ0n) is 8.57. The van der Waals surface area contributed by atoms with Crippen LogP contribution in [-0.2, 0) is 0 Å². The van der Waals surface area contributed by atoms with Crippen LogP contribution in [-0.4, -0.2) is 14.4 Å². The maximum Gasteiger partial charge on any atom is 0.155 e. The molecule has 2 aromatic heterocycles. The van der Waals surface area contributed by atoms with Gasteiger partial charge in [-0.15, -0.1) is 0 Å². The summed E-state index contributed by atoms with van der Waals surface area (Å²) in [5, 5.41) is 0. The van der Waals surface area contributed by atoms with Gasteiger partial charge in [0.25, 0.3) is 0 Å². The predicted octanol–water partition coefficient (Wildman–Crippen LogP) is 2.37. The van der Waals surface area contributed by atoms with Gasteiger partial charge in [0.2, 0.25) is 0 Å². The van der Waals surface area contributed by atoms with Crippen LogP contribution in [0.1, 0.15) is 25.2 Å². The van der Waals surface area contributed by atoms with Gasteiger partial charge in [0.1, 0.15) is 0 Å². The molecule has 0 bridgehead atoms. The Morgan fingerprint density at radius 1 is 1.08 bits per heavy atom. The van der Waals surface area contributed by atoms with Crippen molar-refractivity contribution in [3.63, 3.8) is 0 Å². The van der Waals surface area contributed by atoms with Gasteiger partial charge in [-0.05, 0) is 13.8 Å². The molecular formula is C10H15N3. The first-order chi connectivity index (χ1) is 6.27. The fraction of sp³-hybridized carbons (Fsp3) is 0.400. The van der Waals surface area contributed by atoms with E-state index in [2.05, 4.69) is 9.97 Å². The van der Waals surface area contributed by atoms with Gasteiger partial charge >= 0.3 is 0 Å². The fourth-order valence-electron chi connectivity index (χ4n) is 1.11. The summed E-state index contributed by atoms with van der Waals surface area (Å²) in [5.41, 5.74) is 3.07. The first kappa shape index (κ1) is 9.71. The molecule has 2 heterocycles. The number of hydrogen-bond donors (Lipinski definition) is 0. The first-order valence-electron chi connectivity index (χ1n) is 4.54. The van der Waals surface area contributed by atoms with Gasteiger partial charge in [0, 0.05) is 18.1 Å². The normalized spacial score (nSPS) is 9.54. The maximum atomic E-state index is 4.16. The van der Waals surface area contributed by atoms with Crippen molar-refractivity contribution in [2.24, 2.45) is 0 Å². The van der Waals surface area contributed by atoms with E-state index in [1.807, 2.05) is 44.5 Å². The summed E-state index contributed by atoms with van der Waals surface area (Å²) in [6.07, 6.45) is 5.61. The van der Waals surface area contributed by atoms with Crippen molar-refractivity contribution in [3.8, 4) is 0 Å². The van der Waals surface area contributed by atoms with Crippen molar-refractivity contribution in [3.05, 3.63) is 30.0 Å². The molecule has 0 saturated carbocycles. The topological polar surface area (TPSA) is 30.2 Å². The Bertz CT molecular complexity index is 390. The average Bonchev–Trinajstić information content (AvgIpc) is 2.52. The molecular weight excluding hydrogens is 162 g/mol. The summed E-state index contributed by atoms with van der Waals surface area (Å²) in [6, 6.07) is 0. The SMILES string of the molecule is CC.Cc1cn2c(C)cnc2cn1. The molecule has 0 atom stereocenters. The molecule has 70 valence electrons. The van der Waals surface area contributed by atoms with E-state index in [1.54, 1.807) is 6.20 Å². The third-order valence-corrected chi connectivity index (χ3v) is 1.71. The van der Waals surface area contributed by atoms with Crippen LogP contribution in [0.3, 0.4) is 0 Å². The quantitative estimate of drug-likeness (QED) is 0.618.